The molecule has 2 heterocycles. The number of unbranched alkanes of at least 4 members (excludes halogenated alkanes) is 7. The molecule has 0 aromatic heterocycles. The topological polar surface area (TPSA) is 295 Å². The van der Waals surface area contributed by atoms with Crippen LogP contribution in [0.3, 0.4) is 0 Å². The summed E-state index contributed by atoms with van der Waals surface area (Å²) in [4.78, 5) is 141. The minimum atomic E-state index is -1.62. The molecule has 470 valence electrons. The molecule has 0 aromatic rings. The maximum absolute atomic E-state index is 14.3. The Bertz CT molecular complexity index is 2070. The van der Waals surface area contributed by atoms with E-state index in [1.54, 1.807) is 4.90 Å². The quantitative estimate of drug-likeness (QED) is 0.0397. The summed E-state index contributed by atoms with van der Waals surface area (Å²) in [5, 5.41) is 25.2. The Labute approximate surface area is 490 Å². The van der Waals surface area contributed by atoms with Gasteiger partial charge in [-0.3, -0.25) is 52.8 Å². The fourth-order valence-electron chi connectivity index (χ4n) is 9.84. The molecule has 4 unspecified atom stereocenters. The highest BCUT2D eigenvalue weighted by atomic mass is 16.5. The summed E-state index contributed by atoms with van der Waals surface area (Å²) in [6.07, 6.45) is 10.8. The van der Waals surface area contributed by atoms with Gasteiger partial charge >= 0.3 is 0 Å². The van der Waals surface area contributed by atoms with Crippen molar-refractivity contribution in [3.05, 3.63) is 0 Å². The maximum atomic E-state index is 14.3. The lowest BCUT2D eigenvalue weighted by atomic mass is 9.96. The van der Waals surface area contributed by atoms with Crippen LogP contribution in [0.1, 0.15) is 206 Å². The van der Waals surface area contributed by atoms with Crippen LogP contribution in [0.25, 0.3) is 0 Å². The van der Waals surface area contributed by atoms with Gasteiger partial charge in [-0.15, -0.1) is 0 Å². The highest BCUT2D eigenvalue weighted by molar-refractivity contribution is 6.00. The maximum Gasteiger partial charge on any atom is 0.246 e. The highest BCUT2D eigenvalue weighted by Crippen LogP contribution is 2.21. The van der Waals surface area contributed by atoms with E-state index in [4.69, 9.17) is 4.74 Å². The van der Waals surface area contributed by atoms with Crippen LogP contribution in [-0.4, -0.2) is 168 Å². The zero-order valence-electron chi connectivity index (χ0n) is 52.7. The second kappa shape index (κ2) is 36.4. The van der Waals surface area contributed by atoms with Gasteiger partial charge in [0.05, 0.1) is 13.2 Å². The monoisotopic (exact) mass is 1160 g/mol. The van der Waals surface area contributed by atoms with Crippen LogP contribution in [-0.2, 0) is 52.7 Å². The van der Waals surface area contributed by atoms with Crippen LogP contribution in [0.2, 0.25) is 0 Å². The molecule has 0 aliphatic carbocycles. The minimum absolute atomic E-state index is 0.0367. The minimum Gasteiger partial charge on any atom is -0.379 e. The van der Waals surface area contributed by atoms with Gasteiger partial charge in [-0.1, -0.05) is 107 Å². The number of nitrogens with zero attached hydrogens (tertiary/aromatic N) is 2. The molecule has 2 rings (SSSR count). The van der Waals surface area contributed by atoms with Crippen molar-refractivity contribution in [2.24, 2.45) is 17.8 Å². The van der Waals surface area contributed by atoms with E-state index >= 15 is 0 Å². The smallest absolute Gasteiger partial charge is 0.246 e. The molecule has 0 bridgehead atoms. The van der Waals surface area contributed by atoms with E-state index in [9.17, 15) is 47.9 Å². The number of hydrogen-bond donors (Lipinski definition) is 9. The van der Waals surface area contributed by atoms with Gasteiger partial charge in [0.15, 0.2) is 0 Å². The van der Waals surface area contributed by atoms with Crippen LogP contribution in [0, 0.1) is 17.8 Å². The van der Waals surface area contributed by atoms with E-state index in [1.807, 2.05) is 41.5 Å². The van der Waals surface area contributed by atoms with Crippen LogP contribution >= 0.6 is 0 Å². The van der Waals surface area contributed by atoms with Crippen LogP contribution in [0.5, 0.6) is 0 Å². The Hall–Kier alpha value is -5.38. The fraction of sp³-hybridized carbons (Fsp3) is 0.833. The summed E-state index contributed by atoms with van der Waals surface area (Å²) >= 11 is 0. The van der Waals surface area contributed by atoms with Gasteiger partial charge in [0, 0.05) is 52.1 Å². The molecule has 2 saturated heterocycles. The molecule has 5 atom stereocenters. The number of ether oxygens (including phenoxy) is 1. The third kappa shape index (κ3) is 26.9. The molecule has 2 aliphatic rings. The standard InChI is InChI=1S/C60H109N11O11/c1-15-17-19-20-21-23-25-43(63-54(78)47-26-24-31-71(47)49(73)27-22-18-16-2)50(74)64-45(38-41(5)6)52(76)67-59(11,12)56(80)66-44(37-40(3)4)51(75)65-46(39-42(7)8)53(77)68-60(13,14)57(81)69-58(9,10)55(79)62-29-28-48(72)61-30-32-70-33-35-82-36-34-70/h40-47H,15-39H2,1-14H3,(H,61,72)(H,62,79)(H,63,78)(H,64,74)(H,65,75)(H,66,80)(H,67,76)(H,68,77)(H,69,81)/t43?,44?,45?,46?,47-/m0/s1. The fourth-order valence-corrected chi connectivity index (χ4v) is 9.84. The van der Waals surface area contributed by atoms with E-state index in [1.165, 1.54) is 41.5 Å². The number of morpholine rings is 1. The molecule has 2 aliphatic heterocycles. The van der Waals surface area contributed by atoms with Gasteiger partial charge in [-0.2, -0.15) is 0 Å². The highest BCUT2D eigenvalue weighted by Gasteiger charge is 2.41. The van der Waals surface area contributed by atoms with Gasteiger partial charge in [0.2, 0.25) is 59.1 Å². The first-order valence-corrected chi connectivity index (χ1v) is 30.8. The average molecular weight is 1160 g/mol. The first-order chi connectivity index (χ1) is 38.4. The number of rotatable bonds is 38. The first kappa shape index (κ1) is 72.7. The Morgan fingerprint density at radius 2 is 0.988 bits per heavy atom. The van der Waals surface area contributed by atoms with Crippen molar-refractivity contribution in [1.29, 1.82) is 0 Å². The van der Waals surface area contributed by atoms with E-state index in [0.717, 1.165) is 64.5 Å². The third-order valence-electron chi connectivity index (χ3n) is 14.9. The third-order valence-corrected chi connectivity index (χ3v) is 14.9. The van der Waals surface area contributed by atoms with Crippen LogP contribution < -0.4 is 47.9 Å². The lowest BCUT2D eigenvalue weighted by molar-refractivity contribution is -0.140. The van der Waals surface area contributed by atoms with Gasteiger partial charge in [0.1, 0.15) is 46.8 Å². The summed E-state index contributed by atoms with van der Waals surface area (Å²) in [5.74, 6) is -5.44. The molecule has 82 heavy (non-hydrogen) atoms. The number of carbonyl (C=O) groups is 10. The SMILES string of the molecule is CCCCCCCCC(NC(=O)[C@@H]1CCCN1C(=O)CCCCC)C(=O)NC(CC(C)C)C(=O)NC(C)(C)C(=O)NC(CC(C)C)C(=O)NC(CC(C)C)C(=O)NC(C)(C)C(=O)NC(C)(C)C(=O)NCCC(=O)NCCN1CCOCC1. The number of nitrogens with one attached hydrogen (secondary N) is 9. The first-order valence-electron chi connectivity index (χ1n) is 30.8. The number of hydrogen-bond acceptors (Lipinski definition) is 12. The van der Waals surface area contributed by atoms with Crippen LogP contribution in [0.4, 0.5) is 0 Å². The summed E-state index contributed by atoms with van der Waals surface area (Å²) in [5.41, 5.74) is -4.65. The average Bonchev–Trinajstić information content (AvgIpc) is 4.04. The Balaban J connectivity index is 2.18. The van der Waals surface area contributed by atoms with E-state index in [0.29, 0.717) is 65.0 Å². The van der Waals surface area contributed by atoms with Crippen molar-refractivity contribution in [3.63, 3.8) is 0 Å². The van der Waals surface area contributed by atoms with Crippen molar-refractivity contribution < 1.29 is 52.7 Å². The van der Waals surface area contributed by atoms with Crippen LogP contribution in [0.15, 0.2) is 0 Å². The van der Waals surface area contributed by atoms with Crippen molar-refractivity contribution in [1.82, 2.24) is 57.7 Å². The van der Waals surface area contributed by atoms with E-state index in [-0.39, 0.29) is 61.8 Å². The molecule has 22 nitrogen and oxygen atoms in total. The predicted octanol–water partition coefficient (Wildman–Crippen LogP) is 4.02. The van der Waals surface area contributed by atoms with Crippen molar-refractivity contribution in [2.45, 2.75) is 253 Å². The molecule has 0 spiro atoms. The van der Waals surface area contributed by atoms with Gasteiger partial charge < -0.3 is 57.5 Å². The van der Waals surface area contributed by atoms with E-state index in [2.05, 4.69) is 66.6 Å². The summed E-state index contributed by atoms with van der Waals surface area (Å²) in [6.45, 7) is 29.0. The van der Waals surface area contributed by atoms with Gasteiger partial charge in [0.25, 0.3) is 0 Å². The molecular formula is C60H109N11O11. The van der Waals surface area contributed by atoms with Crippen molar-refractivity contribution in [3.8, 4) is 0 Å². The number of amides is 10. The summed E-state index contributed by atoms with van der Waals surface area (Å²) < 4.78 is 5.35. The number of likely N-dealkylation sites (tertiary alicyclic amines) is 1. The predicted molar refractivity (Wildman–Crippen MR) is 318 cm³/mol. The molecule has 10 amide bonds. The summed E-state index contributed by atoms with van der Waals surface area (Å²) in [7, 11) is 0. The normalized spacial score (nSPS) is 16.6. The lowest BCUT2D eigenvalue weighted by Crippen LogP contribution is -2.65. The molecular weight excluding hydrogens is 1050 g/mol. The molecule has 0 aromatic carbocycles. The van der Waals surface area contributed by atoms with Crippen molar-refractivity contribution in [2.75, 3.05) is 52.5 Å². The Kier molecular flexibility index (Phi) is 32.2. The van der Waals surface area contributed by atoms with Crippen molar-refractivity contribution >= 4 is 59.1 Å². The van der Waals surface area contributed by atoms with Gasteiger partial charge in [-0.05, 0) is 104 Å². The second-order valence-corrected chi connectivity index (χ2v) is 25.5. The Morgan fingerprint density at radius 1 is 0.500 bits per heavy atom. The summed E-state index contributed by atoms with van der Waals surface area (Å²) in [6, 6.07) is -5.09. The van der Waals surface area contributed by atoms with E-state index < -0.39 is 94.1 Å². The largest absolute Gasteiger partial charge is 0.379 e. The molecule has 9 N–H and O–H groups in total. The molecule has 0 radical (unpaired) electrons. The molecule has 22 heteroatoms. The zero-order chi connectivity index (χ0) is 61.8. The Morgan fingerprint density at radius 3 is 1.54 bits per heavy atom. The molecule has 0 saturated carbocycles. The molecule has 2 fully saturated rings. The zero-order valence-corrected chi connectivity index (χ0v) is 52.7. The van der Waals surface area contributed by atoms with Gasteiger partial charge in [-0.25, -0.2) is 0 Å². The number of carbonyl (C=O) groups excluding carboxylic acids is 10. The second-order valence-electron chi connectivity index (χ2n) is 25.5. The lowest BCUT2D eigenvalue weighted by Gasteiger charge is -2.34.